The Morgan fingerprint density at radius 2 is 1.76 bits per heavy atom. The Hall–Kier alpha value is -0.900. The fraction of sp³-hybridized carbons (Fsp3) is 0.667. The summed E-state index contributed by atoms with van der Waals surface area (Å²) in [5.74, 6) is 0. The molecular weight excluding hydrogens is 258 g/mol. The summed E-state index contributed by atoms with van der Waals surface area (Å²) in [5, 5.41) is 3.76. The van der Waals surface area contributed by atoms with Gasteiger partial charge >= 0.3 is 0 Å². The summed E-state index contributed by atoms with van der Waals surface area (Å²) >= 11 is 0. The van der Waals surface area contributed by atoms with E-state index in [-0.39, 0.29) is 0 Å². The molecule has 1 N–H and O–H groups in total. The highest BCUT2D eigenvalue weighted by atomic mass is 15.2. The lowest BCUT2D eigenvalue weighted by Crippen LogP contribution is -2.40. The van der Waals surface area contributed by atoms with Crippen molar-refractivity contribution in [3.63, 3.8) is 0 Å². The number of benzene rings is 1. The maximum absolute atomic E-state index is 3.76. The molecule has 0 aromatic heterocycles. The zero-order valence-electron chi connectivity index (χ0n) is 13.1. The minimum atomic E-state index is 0.693. The van der Waals surface area contributed by atoms with E-state index in [1.807, 2.05) is 0 Å². The summed E-state index contributed by atoms with van der Waals surface area (Å²) in [6, 6.07) is 11.5. The van der Waals surface area contributed by atoms with Crippen LogP contribution in [-0.2, 0) is 6.54 Å². The lowest BCUT2D eigenvalue weighted by Gasteiger charge is -2.27. The van der Waals surface area contributed by atoms with Crippen LogP contribution in [0.15, 0.2) is 30.3 Å². The summed E-state index contributed by atoms with van der Waals surface area (Å²) in [5.41, 5.74) is 1.44. The van der Waals surface area contributed by atoms with E-state index in [1.54, 1.807) is 0 Å². The van der Waals surface area contributed by atoms with E-state index in [1.165, 1.54) is 64.0 Å². The van der Waals surface area contributed by atoms with E-state index >= 15 is 0 Å². The summed E-state index contributed by atoms with van der Waals surface area (Å²) in [6.45, 7) is 8.55. The molecule has 116 valence electrons. The molecule has 0 spiro atoms. The van der Waals surface area contributed by atoms with Crippen molar-refractivity contribution in [2.75, 3.05) is 39.3 Å². The molecule has 2 aliphatic rings. The summed E-state index contributed by atoms with van der Waals surface area (Å²) in [4.78, 5) is 5.20. The smallest absolute Gasteiger partial charge is 0.0234 e. The van der Waals surface area contributed by atoms with Crippen molar-refractivity contribution >= 4 is 0 Å². The summed E-state index contributed by atoms with van der Waals surface area (Å²) < 4.78 is 0. The SMILES string of the molecule is c1ccc(CN2CCC(NCCN3CCCCC3)C2)cc1. The van der Waals surface area contributed by atoms with Crippen LogP contribution in [0.4, 0.5) is 0 Å². The molecule has 2 aliphatic heterocycles. The Balaban J connectivity index is 1.33. The molecule has 2 fully saturated rings. The van der Waals surface area contributed by atoms with Crippen LogP contribution >= 0.6 is 0 Å². The number of nitrogens with zero attached hydrogens (tertiary/aromatic N) is 2. The largest absolute Gasteiger partial charge is 0.311 e. The number of nitrogens with one attached hydrogen (secondary N) is 1. The van der Waals surface area contributed by atoms with Gasteiger partial charge in [0.05, 0.1) is 0 Å². The van der Waals surface area contributed by atoms with Crippen LogP contribution in [0.25, 0.3) is 0 Å². The maximum atomic E-state index is 3.76. The molecule has 3 nitrogen and oxygen atoms in total. The topological polar surface area (TPSA) is 18.5 Å². The fourth-order valence-corrected chi connectivity index (χ4v) is 3.59. The molecular formula is C18H29N3. The highest BCUT2D eigenvalue weighted by molar-refractivity contribution is 5.14. The molecule has 3 rings (SSSR count). The van der Waals surface area contributed by atoms with Crippen LogP contribution in [0, 0.1) is 0 Å². The first-order valence-corrected chi connectivity index (χ1v) is 8.62. The van der Waals surface area contributed by atoms with E-state index in [0.717, 1.165) is 13.1 Å². The van der Waals surface area contributed by atoms with Gasteiger partial charge in [-0.25, -0.2) is 0 Å². The van der Waals surface area contributed by atoms with Gasteiger partial charge in [-0.15, -0.1) is 0 Å². The van der Waals surface area contributed by atoms with Gasteiger partial charge in [-0.05, 0) is 37.9 Å². The highest BCUT2D eigenvalue weighted by Gasteiger charge is 2.22. The first-order valence-electron chi connectivity index (χ1n) is 8.62. The number of hydrogen-bond donors (Lipinski definition) is 1. The van der Waals surface area contributed by atoms with Crippen molar-refractivity contribution in [2.45, 2.75) is 38.3 Å². The Morgan fingerprint density at radius 1 is 0.952 bits per heavy atom. The van der Waals surface area contributed by atoms with Gasteiger partial charge < -0.3 is 10.2 Å². The Kier molecular flexibility index (Phi) is 5.67. The van der Waals surface area contributed by atoms with Crippen molar-refractivity contribution in [3.05, 3.63) is 35.9 Å². The molecule has 0 saturated carbocycles. The van der Waals surface area contributed by atoms with E-state index in [9.17, 15) is 0 Å². The van der Waals surface area contributed by atoms with Gasteiger partial charge in [-0.1, -0.05) is 36.8 Å². The van der Waals surface area contributed by atoms with Crippen molar-refractivity contribution in [1.82, 2.24) is 15.1 Å². The van der Waals surface area contributed by atoms with Crippen LogP contribution in [0.2, 0.25) is 0 Å². The quantitative estimate of drug-likeness (QED) is 0.866. The van der Waals surface area contributed by atoms with E-state index in [2.05, 4.69) is 45.4 Å². The van der Waals surface area contributed by atoms with Crippen molar-refractivity contribution in [3.8, 4) is 0 Å². The third-order valence-electron chi connectivity index (χ3n) is 4.83. The zero-order valence-corrected chi connectivity index (χ0v) is 13.1. The van der Waals surface area contributed by atoms with E-state index in [0.29, 0.717) is 6.04 Å². The van der Waals surface area contributed by atoms with E-state index in [4.69, 9.17) is 0 Å². The third kappa shape index (κ3) is 4.80. The van der Waals surface area contributed by atoms with Gasteiger partial charge in [0.25, 0.3) is 0 Å². The predicted molar refractivity (Wildman–Crippen MR) is 88.4 cm³/mol. The monoisotopic (exact) mass is 287 g/mol. The molecule has 3 heteroatoms. The fourth-order valence-electron chi connectivity index (χ4n) is 3.59. The lowest BCUT2D eigenvalue weighted by molar-refractivity contribution is 0.225. The van der Waals surface area contributed by atoms with Gasteiger partial charge in [0.1, 0.15) is 0 Å². The molecule has 1 aromatic rings. The lowest BCUT2D eigenvalue weighted by atomic mass is 10.1. The first-order chi connectivity index (χ1) is 10.4. The van der Waals surface area contributed by atoms with Gasteiger partial charge in [0, 0.05) is 38.8 Å². The van der Waals surface area contributed by atoms with Crippen LogP contribution in [-0.4, -0.2) is 55.1 Å². The number of likely N-dealkylation sites (tertiary alicyclic amines) is 2. The third-order valence-corrected chi connectivity index (χ3v) is 4.83. The Bertz CT molecular complexity index is 400. The minimum Gasteiger partial charge on any atom is -0.311 e. The van der Waals surface area contributed by atoms with Crippen molar-refractivity contribution < 1.29 is 0 Å². The van der Waals surface area contributed by atoms with Crippen LogP contribution < -0.4 is 5.32 Å². The normalized spacial score (nSPS) is 24.5. The molecule has 0 aliphatic carbocycles. The van der Waals surface area contributed by atoms with Crippen molar-refractivity contribution in [1.29, 1.82) is 0 Å². The van der Waals surface area contributed by atoms with Crippen LogP contribution in [0.3, 0.4) is 0 Å². The molecule has 0 amide bonds. The van der Waals surface area contributed by atoms with Gasteiger partial charge in [-0.2, -0.15) is 0 Å². The Morgan fingerprint density at radius 3 is 2.57 bits per heavy atom. The standard InChI is InChI=1S/C18H29N3/c1-3-7-17(8-4-1)15-21-13-9-18(16-21)19-10-14-20-11-5-2-6-12-20/h1,3-4,7-8,18-19H,2,5-6,9-16H2. The minimum absolute atomic E-state index is 0.693. The molecule has 2 heterocycles. The highest BCUT2D eigenvalue weighted by Crippen LogP contribution is 2.13. The second kappa shape index (κ2) is 7.92. The maximum Gasteiger partial charge on any atom is 0.0234 e. The van der Waals surface area contributed by atoms with Crippen LogP contribution in [0.5, 0.6) is 0 Å². The van der Waals surface area contributed by atoms with E-state index < -0.39 is 0 Å². The molecule has 21 heavy (non-hydrogen) atoms. The van der Waals surface area contributed by atoms with Gasteiger partial charge in [0.2, 0.25) is 0 Å². The average molecular weight is 287 g/mol. The summed E-state index contributed by atoms with van der Waals surface area (Å²) in [7, 11) is 0. The summed E-state index contributed by atoms with van der Waals surface area (Å²) in [6.07, 6.45) is 5.52. The van der Waals surface area contributed by atoms with Crippen molar-refractivity contribution in [2.24, 2.45) is 0 Å². The molecule has 0 radical (unpaired) electrons. The molecule has 1 aromatic carbocycles. The van der Waals surface area contributed by atoms with Gasteiger partial charge in [0.15, 0.2) is 0 Å². The zero-order chi connectivity index (χ0) is 14.3. The second-order valence-electron chi connectivity index (χ2n) is 6.56. The van der Waals surface area contributed by atoms with Gasteiger partial charge in [-0.3, -0.25) is 4.90 Å². The Labute approximate surface area is 129 Å². The molecule has 0 bridgehead atoms. The number of piperidine rings is 1. The number of hydrogen-bond acceptors (Lipinski definition) is 3. The van der Waals surface area contributed by atoms with Crippen LogP contribution in [0.1, 0.15) is 31.2 Å². The molecule has 1 atom stereocenters. The first kappa shape index (κ1) is 15.0. The second-order valence-corrected chi connectivity index (χ2v) is 6.56. The average Bonchev–Trinajstić information content (AvgIpc) is 2.97. The molecule has 2 saturated heterocycles. The predicted octanol–water partition coefficient (Wildman–Crippen LogP) is 2.34. The molecule has 1 unspecified atom stereocenters. The number of rotatable bonds is 6.